The summed E-state index contributed by atoms with van der Waals surface area (Å²) >= 11 is 0. The van der Waals surface area contributed by atoms with Gasteiger partial charge in [0.05, 0.1) is 18.5 Å². The minimum absolute atomic E-state index is 0.0488. The molecular weight excluding hydrogens is 142 g/mol. The van der Waals surface area contributed by atoms with Gasteiger partial charge in [-0.3, -0.25) is 0 Å². The van der Waals surface area contributed by atoms with Crippen molar-refractivity contribution < 1.29 is 5.11 Å². The van der Waals surface area contributed by atoms with E-state index in [0.29, 0.717) is 5.92 Å². The van der Waals surface area contributed by atoms with E-state index >= 15 is 0 Å². The zero-order valence-electron chi connectivity index (χ0n) is 6.17. The van der Waals surface area contributed by atoms with Gasteiger partial charge < -0.3 is 15.4 Å². The fourth-order valence-electron chi connectivity index (χ4n) is 1.15. The van der Waals surface area contributed by atoms with Crippen molar-refractivity contribution >= 4 is 0 Å². The molecule has 0 radical (unpaired) electrons. The van der Waals surface area contributed by atoms with Gasteiger partial charge >= 0.3 is 0 Å². The number of hydrogen-bond acceptors (Lipinski definition) is 3. The van der Waals surface area contributed by atoms with Crippen LogP contribution in [0.25, 0.3) is 0 Å². The number of aliphatic hydroxyl groups excluding tert-OH is 1. The molecule has 0 bridgehead atoms. The second kappa shape index (κ2) is 2.64. The maximum absolute atomic E-state index is 8.74. The lowest BCUT2D eigenvalue weighted by atomic mass is 10.0. The molecule has 0 unspecified atom stereocenters. The summed E-state index contributed by atoms with van der Waals surface area (Å²) in [5, 5.41) is 11.9. The van der Waals surface area contributed by atoms with E-state index in [0.717, 1.165) is 24.6 Å². The van der Waals surface area contributed by atoms with Crippen molar-refractivity contribution in [2.75, 3.05) is 13.1 Å². The number of nitrogens with one attached hydrogen (secondary N) is 2. The molecule has 0 saturated carbocycles. The Bertz CT molecular complexity index is 242. The maximum atomic E-state index is 8.74. The first kappa shape index (κ1) is 6.82. The van der Waals surface area contributed by atoms with Crippen LogP contribution in [-0.2, 0) is 6.61 Å². The average molecular weight is 153 g/mol. The van der Waals surface area contributed by atoms with Gasteiger partial charge in [0.15, 0.2) is 0 Å². The van der Waals surface area contributed by atoms with Crippen molar-refractivity contribution in [1.29, 1.82) is 0 Å². The number of imidazole rings is 1. The third kappa shape index (κ3) is 1.15. The van der Waals surface area contributed by atoms with Gasteiger partial charge in [-0.2, -0.15) is 0 Å². The number of rotatable bonds is 2. The highest BCUT2D eigenvalue weighted by atomic mass is 16.3. The SMILES string of the molecule is OCc1cnc(C2CNC2)[nH]1. The molecule has 0 atom stereocenters. The maximum Gasteiger partial charge on any atom is 0.111 e. The summed E-state index contributed by atoms with van der Waals surface area (Å²) in [4.78, 5) is 7.22. The summed E-state index contributed by atoms with van der Waals surface area (Å²) in [5.41, 5.74) is 0.798. The van der Waals surface area contributed by atoms with Gasteiger partial charge in [0.1, 0.15) is 5.82 Å². The summed E-state index contributed by atoms with van der Waals surface area (Å²) < 4.78 is 0. The molecule has 4 nitrogen and oxygen atoms in total. The Labute approximate surface area is 64.7 Å². The second-order valence-corrected chi connectivity index (χ2v) is 2.81. The van der Waals surface area contributed by atoms with Crippen LogP contribution in [0.4, 0.5) is 0 Å². The molecular formula is C7H11N3O. The molecule has 0 spiro atoms. The summed E-state index contributed by atoms with van der Waals surface area (Å²) in [6.07, 6.45) is 1.69. The fourth-order valence-corrected chi connectivity index (χ4v) is 1.15. The van der Waals surface area contributed by atoms with Gasteiger partial charge in [-0.15, -0.1) is 0 Å². The third-order valence-corrected chi connectivity index (χ3v) is 1.99. The molecule has 1 aliphatic rings. The number of hydrogen-bond donors (Lipinski definition) is 3. The lowest BCUT2D eigenvalue weighted by Gasteiger charge is -2.24. The summed E-state index contributed by atoms with van der Waals surface area (Å²) in [6.45, 7) is 2.05. The highest BCUT2D eigenvalue weighted by molar-refractivity contribution is 5.08. The largest absolute Gasteiger partial charge is 0.390 e. The molecule has 1 aromatic heterocycles. The van der Waals surface area contributed by atoms with Crippen molar-refractivity contribution in [3.8, 4) is 0 Å². The van der Waals surface area contributed by atoms with Crippen molar-refractivity contribution in [2.24, 2.45) is 0 Å². The standard InChI is InChI=1S/C7H11N3O/c11-4-6-3-9-7(10-6)5-1-8-2-5/h3,5,8,11H,1-2,4H2,(H,9,10). The lowest BCUT2D eigenvalue weighted by Crippen LogP contribution is -2.40. The number of aliphatic hydroxyl groups is 1. The van der Waals surface area contributed by atoms with Crippen molar-refractivity contribution in [2.45, 2.75) is 12.5 Å². The summed E-state index contributed by atoms with van der Waals surface area (Å²) in [7, 11) is 0. The van der Waals surface area contributed by atoms with Crippen LogP contribution in [0.3, 0.4) is 0 Å². The van der Waals surface area contributed by atoms with Gasteiger partial charge in [-0.25, -0.2) is 4.98 Å². The Morgan fingerprint density at radius 1 is 1.64 bits per heavy atom. The van der Waals surface area contributed by atoms with Crippen molar-refractivity contribution in [1.82, 2.24) is 15.3 Å². The van der Waals surface area contributed by atoms with E-state index in [1.807, 2.05) is 0 Å². The van der Waals surface area contributed by atoms with Gasteiger partial charge in [-0.1, -0.05) is 0 Å². The highest BCUT2D eigenvalue weighted by Gasteiger charge is 2.21. The van der Waals surface area contributed by atoms with E-state index in [9.17, 15) is 0 Å². The zero-order valence-corrected chi connectivity index (χ0v) is 6.17. The van der Waals surface area contributed by atoms with E-state index in [2.05, 4.69) is 15.3 Å². The van der Waals surface area contributed by atoms with Crippen LogP contribution < -0.4 is 5.32 Å². The molecule has 1 aliphatic heterocycles. The van der Waals surface area contributed by atoms with Crippen LogP contribution in [-0.4, -0.2) is 28.2 Å². The molecule has 4 heteroatoms. The van der Waals surface area contributed by atoms with Crippen molar-refractivity contribution in [3.63, 3.8) is 0 Å². The Kier molecular flexibility index (Phi) is 1.63. The Hall–Kier alpha value is -0.870. The number of aromatic amines is 1. The Balaban J connectivity index is 2.11. The number of H-pyrrole nitrogens is 1. The molecule has 1 aromatic rings. The van der Waals surface area contributed by atoms with Gasteiger partial charge in [-0.05, 0) is 0 Å². The molecule has 60 valence electrons. The van der Waals surface area contributed by atoms with Crippen LogP contribution in [0.15, 0.2) is 6.20 Å². The predicted molar refractivity (Wildman–Crippen MR) is 40.1 cm³/mol. The van der Waals surface area contributed by atoms with Crippen molar-refractivity contribution in [3.05, 3.63) is 17.7 Å². The average Bonchev–Trinajstić information content (AvgIpc) is 2.32. The van der Waals surface area contributed by atoms with Crippen LogP contribution in [0.5, 0.6) is 0 Å². The zero-order chi connectivity index (χ0) is 7.68. The predicted octanol–water partition coefficient (Wildman–Crippen LogP) is -0.411. The van der Waals surface area contributed by atoms with E-state index in [-0.39, 0.29) is 6.61 Å². The normalized spacial score (nSPS) is 18.3. The van der Waals surface area contributed by atoms with E-state index in [4.69, 9.17) is 5.11 Å². The van der Waals surface area contributed by atoms with Crippen LogP contribution in [0.2, 0.25) is 0 Å². The first-order valence-electron chi connectivity index (χ1n) is 3.75. The topological polar surface area (TPSA) is 60.9 Å². The van der Waals surface area contributed by atoms with E-state index in [1.54, 1.807) is 6.20 Å². The molecule has 11 heavy (non-hydrogen) atoms. The first-order valence-corrected chi connectivity index (χ1v) is 3.75. The molecule has 0 aromatic carbocycles. The summed E-state index contributed by atoms with van der Waals surface area (Å²) in [5.74, 6) is 1.52. The smallest absolute Gasteiger partial charge is 0.111 e. The van der Waals surface area contributed by atoms with Crippen LogP contribution in [0, 0.1) is 0 Å². The lowest BCUT2D eigenvalue weighted by molar-refractivity contribution is 0.277. The minimum atomic E-state index is 0.0488. The minimum Gasteiger partial charge on any atom is -0.390 e. The van der Waals surface area contributed by atoms with E-state index in [1.165, 1.54) is 0 Å². The van der Waals surface area contributed by atoms with Crippen LogP contribution in [0.1, 0.15) is 17.4 Å². The molecule has 1 fully saturated rings. The van der Waals surface area contributed by atoms with E-state index < -0.39 is 0 Å². The quantitative estimate of drug-likeness (QED) is 0.541. The number of nitrogens with zero attached hydrogens (tertiary/aromatic N) is 1. The molecule has 0 amide bonds. The second-order valence-electron chi connectivity index (χ2n) is 2.81. The molecule has 0 aliphatic carbocycles. The molecule has 3 N–H and O–H groups in total. The van der Waals surface area contributed by atoms with Gasteiger partial charge in [0.25, 0.3) is 0 Å². The van der Waals surface area contributed by atoms with Crippen LogP contribution >= 0.6 is 0 Å². The molecule has 1 saturated heterocycles. The fraction of sp³-hybridized carbons (Fsp3) is 0.571. The third-order valence-electron chi connectivity index (χ3n) is 1.99. The Morgan fingerprint density at radius 2 is 2.45 bits per heavy atom. The Morgan fingerprint density at radius 3 is 2.91 bits per heavy atom. The first-order chi connectivity index (χ1) is 5.40. The number of aromatic nitrogens is 2. The van der Waals surface area contributed by atoms with Gasteiger partial charge in [0, 0.05) is 19.0 Å². The molecule has 2 rings (SSSR count). The molecule has 2 heterocycles. The monoisotopic (exact) mass is 153 g/mol. The summed E-state index contributed by atoms with van der Waals surface area (Å²) in [6, 6.07) is 0. The van der Waals surface area contributed by atoms with Gasteiger partial charge in [0.2, 0.25) is 0 Å². The highest BCUT2D eigenvalue weighted by Crippen LogP contribution is 2.15.